The molecule has 0 spiro atoms. The number of hydrogen-bond donors (Lipinski definition) is 5. The minimum absolute atomic E-state index is 0.0192. The fourth-order valence-corrected chi connectivity index (χ4v) is 13.4. The van der Waals surface area contributed by atoms with E-state index in [4.69, 9.17) is 19.7 Å². The number of carbonyl (C=O) groups excluding carboxylic acids is 3. The predicted molar refractivity (Wildman–Crippen MR) is 312 cm³/mol. The number of aromatic nitrogens is 4. The molecule has 4 saturated heterocycles. The number of aliphatic hydroxyl groups excluding tert-OH is 1. The average molecular weight is 1110 g/mol. The van der Waals surface area contributed by atoms with Gasteiger partial charge in [-0.15, -0.1) is 11.3 Å². The van der Waals surface area contributed by atoms with E-state index in [1.54, 1.807) is 29.7 Å². The summed E-state index contributed by atoms with van der Waals surface area (Å²) < 4.78 is 23.6. The summed E-state index contributed by atoms with van der Waals surface area (Å²) in [7, 11) is 0. The number of unbranched alkanes of at least 4 members (excludes halogenated alkanes) is 5. The van der Waals surface area contributed by atoms with E-state index in [-0.39, 0.29) is 65.7 Å². The minimum atomic E-state index is -0.873. The lowest BCUT2D eigenvalue weighted by Gasteiger charge is -2.35. The van der Waals surface area contributed by atoms with E-state index in [2.05, 4.69) is 37.7 Å². The molecule has 0 saturated carbocycles. The van der Waals surface area contributed by atoms with Gasteiger partial charge in [0, 0.05) is 62.4 Å². The molecule has 5 N–H and O–H groups in total. The number of carbonyl (C=O) groups is 3. The lowest BCUT2D eigenvalue weighted by Crippen LogP contribution is -2.57. The summed E-state index contributed by atoms with van der Waals surface area (Å²) in [6.45, 7) is 15.5. The van der Waals surface area contributed by atoms with Crippen LogP contribution in [0.3, 0.4) is 0 Å². The Balaban J connectivity index is 0.694. The maximum absolute atomic E-state index is 17.2. The van der Waals surface area contributed by atoms with E-state index < -0.39 is 29.4 Å². The van der Waals surface area contributed by atoms with E-state index in [0.29, 0.717) is 48.3 Å². The molecule has 0 radical (unpaired) electrons. The number of rotatable bonds is 21. The van der Waals surface area contributed by atoms with Crippen LogP contribution in [0.2, 0.25) is 0 Å². The van der Waals surface area contributed by atoms with Gasteiger partial charge in [-0.05, 0) is 117 Å². The van der Waals surface area contributed by atoms with Crippen molar-refractivity contribution in [3.63, 3.8) is 0 Å². The number of halogens is 1. The normalized spacial score (nSPS) is 21.1. The summed E-state index contributed by atoms with van der Waals surface area (Å²) >= 11 is 1.58. The number of aromatic hydroxyl groups is 1. The number of aliphatic hydroxyl groups is 1. The largest absolute Gasteiger partial charge is 0.508 e. The molecule has 18 heteroatoms. The number of nitrogens with one attached hydrogen (secondary N) is 3. The van der Waals surface area contributed by atoms with Gasteiger partial charge in [-0.25, -0.2) is 9.37 Å². The quantitative estimate of drug-likeness (QED) is 0.0428. The Labute approximate surface area is 473 Å². The predicted octanol–water partition coefficient (Wildman–Crippen LogP) is 9.57. The molecule has 426 valence electrons. The summed E-state index contributed by atoms with van der Waals surface area (Å²) in [6.07, 6.45) is 11.9. The molecule has 0 aliphatic carbocycles. The van der Waals surface area contributed by atoms with Crippen molar-refractivity contribution in [3.8, 4) is 33.5 Å². The molecule has 7 unspecified atom stereocenters. The second-order valence-electron chi connectivity index (χ2n) is 23.8. The van der Waals surface area contributed by atoms with Crippen LogP contribution in [0.5, 0.6) is 11.8 Å². The van der Waals surface area contributed by atoms with Crippen LogP contribution in [0.25, 0.3) is 43.4 Å². The summed E-state index contributed by atoms with van der Waals surface area (Å²) in [4.78, 5) is 67.5. The minimum Gasteiger partial charge on any atom is -0.508 e. The topological polar surface area (TPSA) is 198 Å². The van der Waals surface area contributed by atoms with Crippen LogP contribution in [0.4, 0.5) is 10.2 Å². The molecule has 3 aromatic carbocycles. The van der Waals surface area contributed by atoms with Crippen molar-refractivity contribution >= 4 is 56.6 Å². The van der Waals surface area contributed by atoms with E-state index in [9.17, 15) is 24.6 Å². The summed E-state index contributed by atoms with van der Waals surface area (Å²) in [5.74, 6) is -0.801. The van der Waals surface area contributed by atoms with Gasteiger partial charge in [0.2, 0.25) is 17.7 Å². The average Bonchev–Trinajstić information content (AvgIpc) is 4.26. The van der Waals surface area contributed by atoms with Crippen LogP contribution in [0, 0.1) is 18.2 Å². The molecular formula is C62H79FN10O6S. The van der Waals surface area contributed by atoms with Crippen molar-refractivity contribution in [1.82, 2.24) is 45.7 Å². The highest BCUT2D eigenvalue weighted by Gasteiger charge is 2.45. The lowest BCUT2D eigenvalue weighted by atomic mass is 9.85. The molecule has 4 aliphatic heterocycles. The van der Waals surface area contributed by atoms with Crippen LogP contribution >= 0.6 is 11.3 Å². The number of β-amino-alcohol motifs (C(OH)–C–C–N with tert-alkyl or cyclic N) is 1. The Kier molecular flexibility index (Phi) is 17.6. The first-order valence-corrected chi connectivity index (χ1v) is 30.0. The SMILES string of the molecule is CCc1cccc2cc(O)cc(-c3ncc4c(N5CC6CCC(C5)N6)nc(OCC5CCCN5CCCCCCCCC(=O)NC(C(=O)N5CC(O)CC5C(=O)NC(C)c5ccc(-c6scnc6C)cc5)C(C)(C)C)nc4c3F)c12. The number of ether oxygens (including phenoxy) is 1. The highest BCUT2D eigenvalue weighted by atomic mass is 32.1. The number of thiazole rings is 1. The highest BCUT2D eigenvalue weighted by molar-refractivity contribution is 7.13. The Morgan fingerprint density at radius 3 is 2.41 bits per heavy atom. The van der Waals surface area contributed by atoms with Crippen molar-refractivity contribution in [1.29, 1.82) is 0 Å². The van der Waals surface area contributed by atoms with Crippen molar-refractivity contribution in [2.75, 3.05) is 44.2 Å². The third kappa shape index (κ3) is 12.7. The number of piperazine rings is 1. The van der Waals surface area contributed by atoms with E-state index >= 15 is 4.39 Å². The number of amides is 3. The van der Waals surface area contributed by atoms with Crippen LogP contribution in [0.15, 0.2) is 66.3 Å². The fraction of sp³-hybridized carbons (Fsp3) is 0.532. The van der Waals surface area contributed by atoms with Gasteiger partial charge in [-0.1, -0.05) is 95.8 Å². The molecule has 7 atom stereocenters. The van der Waals surface area contributed by atoms with Crippen molar-refractivity contribution in [2.24, 2.45) is 5.41 Å². The number of phenols is 1. The highest BCUT2D eigenvalue weighted by Crippen LogP contribution is 2.40. The van der Waals surface area contributed by atoms with Gasteiger partial charge in [0.25, 0.3) is 0 Å². The molecule has 7 heterocycles. The number of fused-ring (bicyclic) bond motifs is 4. The number of phenolic OH excluding ortho intramolecular Hbond substituents is 1. The Bertz CT molecular complexity index is 3170. The van der Waals surface area contributed by atoms with Crippen molar-refractivity contribution in [2.45, 2.75) is 167 Å². The first-order valence-electron chi connectivity index (χ1n) is 29.1. The Hall–Kier alpha value is -6.34. The maximum atomic E-state index is 17.2. The maximum Gasteiger partial charge on any atom is 0.319 e. The van der Waals surface area contributed by atoms with Gasteiger partial charge in [-0.2, -0.15) is 9.97 Å². The first-order chi connectivity index (χ1) is 38.5. The van der Waals surface area contributed by atoms with E-state index in [1.807, 2.05) is 82.6 Å². The standard InChI is InChI=1S/C62H79FN10O6S/c1-7-39-16-14-17-42-28-46(74)29-48(52(39)42)54-53(63)55-49(31-64-54)58(72-32-43-24-25-44(33-72)67-43)70-61(69-55)79-35-45-18-15-27-71(45)26-13-11-9-8-10-12-19-51(76)68-57(62(4,5)6)60(78)73-34-47(75)30-50(73)59(77)66-37(2)40-20-22-41(23-21-40)56-38(3)65-36-80-56/h14,16-17,20-23,28-29,31,36-37,43-45,47,50,57,67,74-75H,7-13,15,18-19,24-27,30,32-35H2,1-6H3,(H,66,77)(H,68,76). The number of pyridine rings is 1. The Morgan fingerprint density at radius 1 is 0.938 bits per heavy atom. The summed E-state index contributed by atoms with van der Waals surface area (Å²) in [5, 5.41) is 33.5. The van der Waals surface area contributed by atoms with Crippen molar-refractivity contribution in [3.05, 3.63) is 88.9 Å². The van der Waals surface area contributed by atoms with E-state index in [1.165, 1.54) is 4.90 Å². The summed E-state index contributed by atoms with van der Waals surface area (Å²) in [6, 6.07) is 16.1. The molecule has 3 amide bonds. The molecule has 80 heavy (non-hydrogen) atoms. The zero-order valence-corrected chi connectivity index (χ0v) is 48.1. The number of aryl methyl sites for hydroxylation is 2. The van der Waals surface area contributed by atoms with Gasteiger partial charge in [0.15, 0.2) is 5.82 Å². The lowest BCUT2D eigenvalue weighted by molar-refractivity contribution is -0.144. The first kappa shape index (κ1) is 56.9. The van der Waals surface area contributed by atoms with Crippen LogP contribution in [-0.2, 0) is 20.8 Å². The molecule has 16 nitrogen and oxygen atoms in total. The van der Waals surface area contributed by atoms with Gasteiger partial charge in [0.1, 0.15) is 41.5 Å². The number of benzene rings is 3. The van der Waals surface area contributed by atoms with Crippen LogP contribution in [-0.4, -0.2) is 133 Å². The second-order valence-corrected chi connectivity index (χ2v) is 24.7. The molecule has 2 bridgehead atoms. The second kappa shape index (κ2) is 24.8. The Morgan fingerprint density at radius 2 is 1.69 bits per heavy atom. The molecule has 6 aromatic rings. The van der Waals surface area contributed by atoms with E-state index in [0.717, 1.165) is 128 Å². The molecular weight excluding hydrogens is 1030 g/mol. The number of likely N-dealkylation sites (tertiary alicyclic amines) is 2. The number of hydrogen-bond acceptors (Lipinski definition) is 14. The van der Waals surface area contributed by atoms with Gasteiger partial charge in [-0.3, -0.25) is 24.3 Å². The molecule has 3 aromatic heterocycles. The monoisotopic (exact) mass is 1110 g/mol. The molecule has 4 fully saturated rings. The molecule has 10 rings (SSSR count). The third-order valence-electron chi connectivity index (χ3n) is 16.9. The van der Waals surface area contributed by atoms with Gasteiger partial charge >= 0.3 is 6.01 Å². The van der Waals surface area contributed by atoms with Crippen LogP contribution < -0.4 is 25.6 Å². The zero-order valence-electron chi connectivity index (χ0n) is 47.3. The number of nitrogens with zero attached hydrogens (tertiary/aromatic N) is 7. The molecule has 4 aliphatic rings. The number of anilines is 1. The third-order valence-corrected chi connectivity index (χ3v) is 17.9. The van der Waals surface area contributed by atoms with Crippen LogP contribution in [0.1, 0.15) is 135 Å². The smallest absolute Gasteiger partial charge is 0.319 e. The fourth-order valence-electron chi connectivity index (χ4n) is 12.6. The zero-order chi connectivity index (χ0) is 56.2. The van der Waals surface area contributed by atoms with Gasteiger partial charge in [0.05, 0.1) is 33.6 Å². The summed E-state index contributed by atoms with van der Waals surface area (Å²) in [5.41, 5.74) is 5.98. The van der Waals surface area contributed by atoms with Gasteiger partial charge < -0.3 is 40.7 Å². The van der Waals surface area contributed by atoms with Crippen molar-refractivity contribution < 1.29 is 33.7 Å².